The third-order valence-electron chi connectivity index (χ3n) is 2.30. The van der Waals surface area contributed by atoms with Gasteiger partial charge in [-0.2, -0.15) is 13.2 Å². The van der Waals surface area contributed by atoms with Gasteiger partial charge in [-0.05, 0) is 30.7 Å². The number of benzene rings is 1. The number of ether oxygens (including phenoxy) is 1. The number of rotatable bonds is 2. The minimum absolute atomic E-state index is 0.0656. The molecule has 0 aliphatic rings. The first-order chi connectivity index (χ1) is 7.75. The van der Waals surface area contributed by atoms with E-state index >= 15 is 0 Å². The summed E-state index contributed by atoms with van der Waals surface area (Å²) in [5.74, 6) is -2.70. The van der Waals surface area contributed by atoms with Crippen molar-refractivity contribution in [2.24, 2.45) is 0 Å². The van der Waals surface area contributed by atoms with E-state index in [0.717, 1.165) is 19.2 Å². The number of esters is 1. The van der Waals surface area contributed by atoms with E-state index in [0.29, 0.717) is 6.07 Å². The Kier molecular flexibility index (Phi) is 3.75. The summed E-state index contributed by atoms with van der Waals surface area (Å²) in [6.07, 6.45) is -4.65. The Morgan fingerprint density at radius 1 is 1.29 bits per heavy atom. The molecule has 0 saturated heterocycles. The highest BCUT2D eigenvalue weighted by molar-refractivity contribution is 5.77. The van der Waals surface area contributed by atoms with Crippen LogP contribution in [0, 0.1) is 5.82 Å². The second-order valence-corrected chi connectivity index (χ2v) is 3.52. The van der Waals surface area contributed by atoms with Gasteiger partial charge < -0.3 is 4.74 Å². The lowest BCUT2D eigenvalue weighted by molar-refractivity contribution is -0.142. The Morgan fingerprint density at radius 2 is 1.88 bits per heavy atom. The fourth-order valence-corrected chi connectivity index (χ4v) is 1.34. The number of carbonyl (C=O) groups is 1. The molecule has 0 aliphatic carbocycles. The van der Waals surface area contributed by atoms with Crippen LogP contribution in [0.3, 0.4) is 0 Å². The molecule has 0 spiro atoms. The van der Waals surface area contributed by atoms with Crippen molar-refractivity contribution in [1.29, 1.82) is 0 Å². The van der Waals surface area contributed by atoms with Gasteiger partial charge in [-0.15, -0.1) is 0 Å². The lowest BCUT2D eigenvalue weighted by Crippen LogP contribution is -2.13. The molecule has 0 amide bonds. The topological polar surface area (TPSA) is 26.3 Å². The Hall–Kier alpha value is -1.59. The number of methoxy groups -OCH3 is 1. The van der Waals surface area contributed by atoms with Gasteiger partial charge in [-0.1, -0.05) is 0 Å². The second kappa shape index (κ2) is 4.73. The fraction of sp³-hybridized carbons (Fsp3) is 0.364. The van der Waals surface area contributed by atoms with Gasteiger partial charge in [0.1, 0.15) is 5.82 Å². The van der Waals surface area contributed by atoms with Crippen LogP contribution in [0.4, 0.5) is 17.6 Å². The molecule has 0 heterocycles. The molecule has 1 aromatic rings. The maximum Gasteiger partial charge on any atom is 0.416 e. The lowest BCUT2D eigenvalue weighted by atomic mass is 9.99. The van der Waals surface area contributed by atoms with Crippen molar-refractivity contribution in [2.75, 3.05) is 7.11 Å². The molecule has 6 heteroatoms. The van der Waals surface area contributed by atoms with Crippen molar-refractivity contribution in [3.8, 4) is 0 Å². The van der Waals surface area contributed by atoms with E-state index in [9.17, 15) is 22.4 Å². The lowest BCUT2D eigenvalue weighted by Gasteiger charge is -2.13. The average Bonchev–Trinajstić information content (AvgIpc) is 2.25. The molecule has 1 atom stereocenters. The SMILES string of the molecule is COC(=O)C(C)c1cc(F)cc(C(F)(F)F)c1. The van der Waals surface area contributed by atoms with Crippen LogP contribution in [0.1, 0.15) is 24.0 Å². The number of carbonyl (C=O) groups excluding carboxylic acids is 1. The molecule has 94 valence electrons. The number of halogens is 4. The van der Waals surface area contributed by atoms with Crippen LogP contribution in [0.2, 0.25) is 0 Å². The highest BCUT2D eigenvalue weighted by Crippen LogP contribution is 2.32. The molecule has 0 saturated carbocycles. The number of hydrogen-bond donors (Lipinski definition) is 0. The minimum Gasteiger partial charge on any atom is -0.469 e. The van der Waals surface area contributed by atoms with Crippen LogP contribution in [-0.4, -0.2) is 13.1 Å². The zero-order valence-corrected chi connectivity index (χ0v) is 9.14. The Bertz CT molecular complexity index is 426. The van der Waals surface area contributed by atoms with Gasteiger partial charge in [0.2, 0.25) is 0 Å². The zero-order chi connectivity index (χ0) is 13.2. The maximum absolute atomic E-state index is 13.0. The molecule has 1 aromatic carbocycles. The second-order valence-electron chi connectivity index (χ2n) is 3.52. The predicted octanol–water partition coefficient (Wildman–Crippen LogP) is 3.12. The summed E-state index contributed by atoms with van der Waals surface area (Å²) in [6.45, 7) is 1.35. The quantitative estimate of drug-likeness (QED) is 0.595. The number of hydrogen-bond acceptors (Lipinski definition) is 2. The summed E-state index contributed by atoms with van der Waals surface area (Å²) < 4.78 is 54.7. The fourth-order valence-electron chi connectivity index (χ4n) is 1.34. The van der Waals surface area contributed by atoms with Crippen molar-refractivity contribution in [3.05, 3.63) is 35.1 Å². The van der Waals surface area contributed by atoms with Gasteiger partial charge in [-0.25, -0.2) is 4.39 Å². The first kappa shape index (κ1) is 13.5. The van der Waals surface area contributed by atoms with E-state index in [1.54, 1.807) is 0 Å². The summed E-state index contributed by atoms with van der Waals surface area (Å²) >= 11 is 0. The first-order valence-electron chi connectivity index (χ1n) is 4.71. The molecular formula is C11H10F4O2. The zero-order valence-electron chi connectivity index (χ0n) is 9.14. The van der Waals surface area contributed by atoms with Gasteiger partial charge in [0.15, 0.2) is 0 Å². The highest BCUT2D eigenvalue weighted by atomic mass is 19.4. The van der Waals surface area contributed by atoms with Crippen LogP contribution in [-0.2, 0) is 15.7 Å². The van der Waals surface area contributed by atoms with Crippen molar-refractivity contribution in [2.45, 2.75) is 19.0 Å². The van der Waals surface area contributed by atoms with Crippen LogP contribution in [0.5, 0.6) is 0 Å². The third kappa shape index (κ3) is 3.18. The summed E-state index contributed by atoms with van der Waals surface area (Å²) in [4.78, 5) is 11.2. The molecule has 17 heavy (non-hydrogen) atoms. The van der Waals surface area contributed by atoms with Gasteiger partial charge in [0.05, 0.1) is 18.6 Å². The van der Waals surface area contributed by atoms with Crippen molar-refractivity contribution >= 4 is 5.97 Å². The van der Waals surface area contributed by atoms with Gasteiger partial charge in [0.25, 0.3) is 0 Å². The van der Waals surface area contributed by atoms with Gasteiger partial charge in [-0.3, -0.25) is 4.79 Å². The Labute approximate surface area is 95.2 Å². The number of alkyl halides is 3. The van der Waals surface area contributed by atoms with E-state index in [4.69, 9.17) is 0 Å². The maximum atomic E-state index is 13.0. The summed E-state index contributed by atoms with van der Waals surface area (Å²) in [5, 5.41) is 0. The van der Waals surface area contributed by atoms with E-state index in [1.165, 1.54) is 6.92 Å². The monoisotopic (exact) mass is 250 g/mol. The van der Waals surface area contributed by atoms with E-state index in [2.05, 4.69) is 4.74 Å². The smallest absolute Gasteiger partial charge is 0.416 e. The molecule has 0 radical (unpaired) electrons. The van der Waals surface area contributed by atoms with Gasteiger partial charge in [0, 0.05) is 0 Å². The highest BCUT2D eigenvalue weighted by Gasteiger charge is 2.32. The summed E-state index contributed by atoms with van der Waals surface area (Å²) in [6, 6.07) is 2.01. The summed E-state index contributed by atoms with van der Waals surface area (Å²) in [5.41, 5.74) is -1.19. The van der Waals surface area contributed by atoms with Crippen LogP contribution in [0.15, 0.2) is 18.2 Å². The van der Waals surface area contributed by atoms with Crippen molar-refractivity contribution in [1.82, 2.24) is 0 Å². The molecule has 0 aliphatic heterocycles. The Morgan fingerprint density at radius 3 is 2.35 bits per heavy atom. The molecule has 2 nitrogen and oxygen atoms in total. The molecule has 1 unspecified atom stereocenters. The third-order valence-corrected chi connectivity index (χ3v) is 2.30. The molecule has 0 N–H and O–H groups in total. The molecule has 0 aromatic heterocycles. The molecule has 0 bridgehead atoms. The normalized spacial score (nSPS) is 13.3. The standard InChI is InChI=1S/C11H10F4O2/c1-6(10(16)17-2)7-3-8(11(13,14)15)5-9(12)4-7/h3-6H,1-2H3. The van der Waals surface area contributed by atoms with E-state index in [1.807, 2.05) is 0 Å². The van der Waals surface area contributed by atoms with Crippen molar-refractivity contribution in [3.63, 3.8) is 0 Å². The van der Waals surface area contributed by atoms with Crippen LogP contribution < -0.4 is 0 Å². The average molecular weight is 250 g/mol. The van der Waals surface area contributed by atoms with Crippen molar-refractivity contribution < 1.29 is 27.1 Å². The molecule has 1 rings (SSSR count). The molecular weight excluding hydrogens is 240 g/mol. The van der Waals surface area contributed by atoms with E-state index in [-0.39, 0.29) is 5.56 Å². The van der Waals surface area contributed by atoms with Crippen LogP contribution >= 0.6 is 0 Å². The first-order valence-corrected chi connectivity index (χ1v) is 4.71. The van der Waals surface area contributed by atoms with Gasteiger partial charge >= 0.3 is 12.1 Å². The van der Waals surface area contributed by atoms with Crippen LogP contribution in [0.25, 0.3) is 0 Å². The predicted molar refractivity (Wildman–Crippen MR) is 51.8 cm³/mol. The summed E-state index contributed by atoms with van der Waals surface area (Å²) in [7, 11) is 1.11. The largest absolute Gasteiger partial charge is 0.469 e. The van der Waals surface area contributed by atoms with E-state index < -0.39 is 29.4 Å². The minimum atomic E-state index is -4.65. The Balaban J connectivity index is 3.18. The molecule has 0 fully saturated rings.